The Balaban J connectivity index is 2.10. The number of nitrogens with one attached hydrogen (secondary N) is 1. The molecule has 0 saturated heterocycles. The predicted octanol–water partition coefficient (Wildman–Crippen LogP) is 6.63. The summed E-state index contributed by atoms with van der Waals surface area (Å²) in [6, 6.07) is 4.41. The summed E-state index contributed by atoms with van der Waals surface area (Å²) in [5.74, 6) is 0.746. The van der Waals surface area contributed by atoms with Gasteiger partial charge in [0.15, 0.2) is 5.78 Å². The van der Waals surface area contributed by atoms with Gasteiger partial charge < -0.3 is 19.9 Å². The normalized spacial score (nSPS) is 17.5. The minimum Gasteiger partial charge on any atom is -0.496 e. The highest BCUT2D eigenvalue weighted by atomic mass is 16.5. The molecule has 1 aromatic carbocycles. The number of carbonyl (C=O) groups is 1. The maximum atomic E-state index is 12.3. The van der Waals surface area contributed by atoms with Crippen LogP contribution in [0.4, 0.5) is 0 Å². The van der Waals surface area contributed by atoms with Gasteiger partial charge in [-0.3, -0.25) is 4.79 Å². The van der Waals surface area contributed by atoms with E-state index in [1.165, 1.54) is 17.4 Å². The zero-order valence-corrected chi connectivity index (χ0v) is 23.0. The van der Waals surface area contributed by atoms with Gasteiger partial charge in [0.2, 0.25) is 0 Å². The summed E-state index contributed by atoms with van der Waals surface area (Å²) >= 11 is 0. The number of hydrogen-bond acceptors (Lipinski definition) is 5. The van der Waals surface area contributed by atoms with Crippen LogP contribution in [0.3, 0.4) is 0 Å². The quantitative estimate of drug-likeness (QED) is 0.314. The SMILES string of the molecule is C=C(C)CCCN(C)/C=C(\C=N)c1cc2c(cc1OC)C1=CC(=C)C(C(C)=O)=CN1C(C(C)(C)C)C2. The summed E-state index contributed by atoms with van der Waals surface area (Å²) in [5, 5.41) is 8.16. The van der Waals surface area contributed by atoms with Gasteiger partial charge in [-0.1, -0.05) is 32.9 Å². The molecule has 0 radical (unpaired) electrons. The average Bonchev–Trinajstić information content (AvgIpc) is 2.79. The molecular weight excluding hydrogens is 446 g/mol. The van der Waals surface area contributed by atoms with Crippen LogP contribution in [0.15, 0.2) is 60.5 Å². The van der Waals surface area contributed by atoms with E-state index in [0.717, 1.165) is 59.5 Å². The smallest absolute Gasteiger partial charge is 0.161 e. The van der Waals surface area contributed by atoms with Crippen molar-refractivity contribution in [3.63, 3.8) is 0 Å². The largest absolute Gasteiger partial charge is 0.496 e. The zero-order valence-electron chi connectivity index (χ0n) is 23.0. The van der Waals surface area contributed by atoms with Crippen LogP contribution in [-0.4, -0.2) is 48.5 Å². The lowest BCUT2D eigenvalue weighted by atomic mass is 9.76. The van der Waals surface area contributed by atoms with E-state index in [2.05, 4.69) is 62.8 Å². The third-order valence-corrected chi connectivity index (χ3v) is 6.97. The molecule has 2 aliphatic heterocycles. The topological polar surface area (TPSA) is 56.6 Å². The second-order valence-corrected chi connectivity index (χ2v) is 11.1. The Hall–Kier alpha value is -3.34. The van der Waals surface area contributed by atoms with E-state index < -0.39 is 0 Å². The summed E-state index contributed by atoms with van der Waals surface area (Å²) in [4.78, 5) is 16.7. The molecule has 1 unspecified atom stereocenters. The first-order chi connectivity index (χ1) is 16.9. The highest BCUT2D eigenvalue weighted by molar-refractivity contribution is 6.09. The zero-order chi connectivity index (χ0) is 26.8. The predicted molar refractivity (Wildman–Crippen MR) is 151 cm³/mol. The summed E-state index contributed by atoms with van der Waals surface area (Å²) < 4.78 is 5.84. The molecule has 5 nitrogen and oxygen atoms in total. The van der Waals surface area contributed by atoms with Crippen molar-refractivity contribution in [3.8, 4) is 5.75 Å². The van der Waals surface area contributed by atoms with Crippen LogP contribution in [0.25, 0.3) is 11.3 Å². The van der Waals surface area contributed by atoms with Crippen LogP contribution in [0.2, 0.25) is 0 Å². The minimum absolute atomic E-state index is 0.0230. The van der Waals surface area contributed by atoms with Crippen molar-refractivity contribution in [1.82, 2.24) is 9.80 Å². The lowest BCUT2D eigenvalue weighted by Gasteiger charge is -2.46. The molecular formula is C31H41N3O2. The highest BCUT2D eigenvalue weighted by Gasteiger charge is 2.38. The second-order valence-electron chi connectivity index (χ2n) is 11.1. The molecule has 5 heteroatoms. The first-order valence-electron chi connectivity index (χ1n) is 12.6. The third-order valence-electron chi connectivity index (χ3n) is 6.97. The van der Waals surface area contributed by atoms with Crippen LogP contribution in [0.1, 0.15) is 64.2 Å². The molecule has 0 aliphatic carbocycles. The number of methoxy groups -OCH3 is 1. The average molecular weight is 488 g/mol. The Labute approximate surface area is 217 Å². The van der Waals surface area contributed by atoms with Crippen LogP contribution in [0.5, 0.6) is 5.75 Å². The van der Waals surface area contributed by atoms with Gasteiger partial charge in [-0.2, -0.15) is 0 Å². The van der Waals surface area contributed by atoms with E-state index in [0.29, 0.717) is 5.57 Å². The fourth-order valence-electron chi connectivity index (χ4n) is 4.97. The molecule has 0 fully saturated rings. The molecule has 1 N–H and O–H groups in total. The van der Waals surface area contributed by atoms with E-state index in [1.807, 2.05) is 25.5 Å². The maximum Gasteiger partial charge on any atom is 0.161 e. The maximum absolute atomic E-state index is 12.3. The molecule has 0 saturated carbocycles. The van der Waals surface area contributed by atoms with E-state index in [1.54, 1.807) is 14.0 Å². The van der Waals surface area contributed by atoms with Gasteiger partial charge in [-0.05, 0) is 67.9 Å². The standard InChI is InChI=1S/C31H41N3O2/c1-20(2)11-10-12-33(8)18-24(17-32)26-14-23-15-30(31(5,6)7)34-19-27(22(4)35)21(3)13-28(34)25(23)16-29(26)36-9/h13-14,16-19,30,32H,1,3,10-12,15H2,2,4-9H3/b24-18+,32-17?. The van der Waals surface area contributed by atoms with Gasteiger partial charge in [-0.25, -0.2) is 0 Å². The van der Waals surface area contributed by atoms with Crippen LogP contribution >= 0.6 is 0 Å². The first-order valence-corrected chi connectivity index (χ1v) is 12.6. The molecule has 0 amide bonds. The van der Waals surface area contributed by atoms with Crippen molar-refractivity contribution in [3.05, 3.63) is 77.2 Å². The van der Waals surface area contributed by atoms with Gasteiger partial charge in [0.1, 0.15) is 5.75 Å². The Morgan fingerprint density at radius 1 is 1.31 bits per heavy atom. The van der Waals surface area contributed by atoms with E-state index in [9.17, 15) is 4.79 Å². The van der Waals surface area contributed by atoms with E-state index in [-0.39, 0.29) is 17.2 Å². The van der Waals surface area contributed by atoms with E-state index >= 15 is 0 Å². The molecule has 0 bridgehead atoms. The van der Waals surface area contributed by atoms with Crippen molar-refractivity contribution in [2.24, 2.45) is 5.41 Å². The molecule has 0 aromatic heterocycles. The minimum atomic E-state index is -0.0301. The molecule has 3 rings (SSSR count). The van der Waals surface area contributed by atoms with Gasteiger partial charge >= 0.3 is 0 Å². The Kier molecular flexibility index (Phi) is 8.12. The summed E-state index contributed by atoms with van der Waals surface area (Å²) in [6.07, 6.45) is 10.3. The van der Waals surface area contributed by atoms with Crippen molar-refractivity contribution < 1.29 is 9.53 Å². The second kappa shape index (κ2) is 10.7. The molecule has 36 heavy (non-hydrogen) atoms. The first kappa shape index (κ1) is 27.3. The number of ketones is 1. The van der Waals surface area contributed by atoms with Gasteiger partial charge in [0.05, 0.1) is 7.11 Å². The summed E-state index contributed by atoms with van der Waals surface area (Å²) in [7, 11) is 3.71. The number of rotatable bonds is 9. The fourth-order valence-corrected chi connectivity index (χ4v) is 4.97. The highest BCUT2D eigenvalue weighted by Crippen LogP contribution is 2.45. The monoisotopic (exact) mass is 487 g/mol. The number of ether oxygens (including phenoxy) is 1. The van der Waals surface area contributed by atoms with Gasteiger partial charge in [-0.15, -0.1) is 6.58 Å². The molecule has 1 aromatic rings. The van der Waals surface area contributed by atoms with Gasteiger partial charge in [0, 0.05) is 66.2 Å². The number of fused-ring (bicyclic) bond motifs is 3. The number of nitrogens with zero attached hydrogens (tertiary/aromatic N) is 2. The Morgan fingerprint density at radius 2 is 2.00 bits per heavy atom. The van der Waals surface area contributed by atoms with Crippen molar-refractivity contribution in [2.75, 3.05) is 20.7 Å². The summed E-state index contributed by atoms with van der Waals surface area (Å²) in [6.45, 7) is 19.4. The van der Waals surface area contributed by atoms with Gasteiger partial charge in [0.25, 0.3) is 0 Å². The number of hydrogen-bond donors (Lipinski definition) is 1. The molecule has 1 atom stereocenters. The number of allylic oxidation sites excluding steroid dienone is 5. The molecule has 2 heterocycles. The molecule has 0 spiro atoms. The van der Waals surface area contributed by atoms with Crippen molar-refractivity contribution in [2.45, 2.75) is 59.9 Å². The Bertz CT molecular complexity index is 1180. The lowest BCUT2D eigenvalue weighted by Crippen LogP contribution is -2.45. The lowest BCUT2D eigenvalue weighted by molar-refractivity contribution is -0.113. The number of carbonyl (C=O) groups excluding carboxylic acids is 1. The Morgan fingerprint density at radius 3 is 2.56 bits per heavy atom. The molecule has 192 valence electrons. The van der Waals surface area contributed by atoms with Crippen LogP contribution < -0.4 is 4.74 Å². The van der Waals surface area contributed by atoms with Crippen molar-refractivity contribution in [1.29, 1.82) is 5.41 Å². The number of Topliss-reactive ketones (excluding diaryl/α,β-unsaturated/α-hetero) is 1. The number of benzene rings is 1. The van der Waals surface area contributed by atoms with Crippen LogP contribution in [0, 0.1) is 10.8 Å². The van der Waals surface area contributed by atoms with Crippen LogP contribution in [-0.2, 0) is 11.2 Å². The summed E-state index contributed by atoms with van der Waals surface area (Å²) in [5.41, 5.74) is 7.58. The third kappa shape index (κ3) is 5.72. The van der Waals surface area contributed by atoms with Crippen molar-refractivity contribution >= 4 is 23.3 Å². The fraction of sp³-hybridized carbons (Fsp3) is 0.419. The molecule has 2 aliphatic rings. The van der Waals surface area contributed by atoms with E-state index in [4.69, 9.17) is 10.1 Å².